The maximum Gasteiger partial charge on any atom is 0.342 e. The standard InChI is InChI=1S/C32H34N4O5S/c1-21(2)20-41-32(38)28-23(4)33-30(25-11-6-5-7-12-25)34-29(28)31(37)35-16-17-36(22(3)19-35)42(39,40)27-15-14-24-10-8-9-13-26(24)18-27/h5-15,18,21-22H,16-17,19-20H2,1-4H3. The molecule has 2 heterocycles. The quantitative estimate of drug-likeness (QED) is 0.282. The highest BCUT2D eigenvalue weighted by Gasteiger charge is 2.37. The van der Waals surface area contributed by atoms with Crippen molar-refractivity contribution in [2.75, 3.05) is 26.2 Å². The van der Waals surface area contributed by atoms with E-state index in [0.29, 0.717) is 17.1 Å². The summed E-state index contributed by atoms with van der Waals surface area (Å²) in [6.07, 6.45) is 0. The minimum absolute atomic E-state index is 0.0270. The van der Waals surface area contributed by atoms with Crippen molar-refractivity contribution in [3.05, 3.63) is 89.7 Å². The van der Waals surface area contributed by atoms with Gasteiger partial charge >= 0.3 is 5.97 Å². The van der Waals surface area contributed by atoms with E-state index < -0.39 is 27.9 Å². The lowest BCUT2D eigenvalue weighted by Crippen LogP contribution is -2.55. The molecule has 1 unspecified atom stereocenters. The monoisotopic (exact) mass is 586 g/mol. The van der Waals surface area contributed by atoms with Gasteiger partial charge in [-0.2, -0.15) is 4.31 Å². The first-order chi connectivity index (χ1) is 20.1. The summed E-state index contributed by atoms with van der Waals surface area (Å²) in [6.45, 7) is 7.85. The molecule has 218 valence electrons. The summed E-state index contributed by atoms with van der Waals surface area (Å²) in [4.78, 5) is 38.0. The van der Waals surface area contributed by atoms with E-state index >= 15 is 0 Å². The van der Waals surface area contributed by atoms with Crippen LogP contribution in [-0.4, -0.2) is 71.8 Å². The number of benzene rings is 3. The van der Waals surface area contributed by atoms with Crippen LogP contribution in [0, 0.1) is 12.8 Å². The molecule has 1 aromatic heterocycles. The SMILES string of the molecule is Cc1nc(-c2ccccc2)nc(C(=O)N2CCN(S(=O)(=O)c3ccc4ccccc4c3)C(C)C2)c1C(=O)OCC(C)C. The molecule has 1 amide bonds. The van der Waals surface area contributed by atoms with Gasteiger partial charge in [-0.05, 0) is 42.7 Å². The van der Waals surface area contributed by atoms with Crippen molar-refractivity contribution in [2.24, 2.45) is 5.92 Å². The molecule has 9 nitrogen and oxygen atoms in total. The van der Waals surface area contributed by atoms with Gasteiger partial charge in [0, 0.05) is 31.2 Å². The Morgan fingerprint density at radius 3 is 2.33 bits per heavy atom. The van der Waals surface area contributed by atoms with E-state index in [9.17, 15) is 18.0 Å². The maximum absolute atomic E-state index is 14.0. The number of sulfonamides is 1. The molecule has 1 saturated heterocycles. The number of aryl methyl sites for hydroxylation is 1. The Balaban J connectivity index is 1.43. The van der Waals surface area contributed by atoms with Crippen LogP contribution in [0.15, 0.2) is 77.7 Å². The predicted octanol–water partition coefficient (Wildman–Crippen LogP) is 4.95. The average molecular weight is 587 g/mol. The first-order valence-corrected chi connectivity index (χ1v) is 15.4. The fourth-order valence-electron chi connectivity index (χ4n) is 5.10. The molecule has 0 bridgehead atoms. The van der Waals surface area contributed by atoms with Gasteiger partial charge in [-0.25, -0.2) is 23.2 Å². The highest BCUT2D eigenvalue weighted by molar-refractivity contribution is 7.89. The topological polar surface area (TPSA) is 110 Å². The highest BCUT2D eigenvalue weighted by atomic mass is 32.2. The maximum atomic E-state index is 14.0. The van der Waals surface area contributed by atoms with Crippen molar-refractivity contribution in [3.63, 3.8) is 0 Å². The second kappa shape index (κ2) is 12.0. The number of hydrogen-bond acceptors (Lipinski definition) is 7. The van der Waals surface area contributed by atoms with E-state index in [-0.39, 0.29) is 48.3 Å². The largest absolute Gasteiger partial charge is 0.462 e. The molecule has 42 heavy (non-hydrogen) atoms. The van der Waals surface area contributed by atoms with Gasteiger partial charge in [-0.1, -0.05) is 74.5 Å². The van der Waals surface area contributed by atoms with Crippen molar-refractivity contribution < 1.29 is 22.7 Å². The lowest BCUT2D eigenvalue weighted by Gasteiger charge is -2.39. The summed E-state index contributed by atoms with van der Waals surface area (Å²) in [5.74, 6) is -0.697. The van der Waals surface area contributed by atoms with Gasteiger partial charge in [0.15, 0.2) is 5.82 Å². The Kier molecular flexibility index (Phi) is 8.38. The highest BCUT2D eigenvalue weighted by Crippen LogP contribution is 2.27. The molecule has 0 N–H and O–H groups in total. The summed E-state index contributed by atoms with van der Waals surface area (Å²) in [5.41, 5.74) is 1.02. The van der Waals surface area contributed by atoms with E-state index in [1.54, 1.807) is 36.9 Å². The number of carbonyl (C=O) groups excluding carboxylic acids is 2. The van der Waals surface area contributed by atoms with Crippen LogP contribution in [0.1, 0.15) is 47.3 Å². The Morgan fingerprint density at radius 2 is 1.64 bits per heavy atom. The first-order valence-electron chi connectivity index (χ1n) is 14.0. The van der Waals surface area contributed by atoms with E-state index in [2.05, 4.69) is 9.97 Å². The van der Waals surface area contributed by atoms with Gasteiger partial charge in [0.05, 0.1) is 17.2 Å². The normalized spacial score (nSPS) is 16.1. The van der Waals surface area contributed by atoms with Crippen LogP contribution >= 0.6 is 0 Å². The Bertz CT molecular complexity index is 1740. The lowest BCUT2D eigenvalue weighted by atomic mass is 10.1. The van der Waals surface area contributed by atoms with Crippen molar-refractivity contribution in [3.8, 4) is 11.4 Å². The molecule has 4 aromatic rings. The van der Waals surface area contributed by atoms with E-state index in [4.69, 9.17) is 4.74 Å². The number of carbonyl (C=O) groups is 2. The number of rotatable bonds is 7. The van der Waals surface area contributed by atoms with Crippen molar-refractivity contribution >= 4 is 32.7 Å². The third-order valence-corrected chi connectivity index (χ3v) is 9.27. The zero-order chi connectivity index (χ0) is 30.0. The third-order valence-electron chi connectivity index (χ3n) is 7.26. The molecular formula is C32H34N4O5S. The summed E-state index contributed by atoms with van der Waals surface area (Å²) in [6, 6.07) is 21.4. The zero-order valence-electron chi connectivity index (χ0n) is 24.1. The van der Waals surface area contributed by atoms with Crippen LogP contribution in [0.5, 0.6) is 0 Å². The number of esters is 1. The number of aromatic nitrogens is 2. The Labute approximate surface area is 246 Å². The molecule has 0 saturated carbocycles. The summed E-state index contributed by atoms with van der Waals surface area (Å²) in [7, 11) is -3.81. The lowest BCUT2D eigenvalue weighted by molar-refractivity contribution is 0.0447. The molecule has 1 fully saturated rings. The van der Waals surface area contributed by atoms with E-state index in [0.717, 1.165) is 10.8 Å². The molecule has 10 heteroatoms. The fraction of sp³-hybridized carbons (Fsp3) is 0.312. The van der Waals surface area contributed by atoms with Gasteiger partial charge in [-0.15, -0.1) is 0 Å². The summed E-state index contributed by atoms with van der Waals surface area (Å²) >= 11 is 0. The average Bonchev–Trinajstić information content (AvgIpc) is 2.99. The van der Waals surface area contributed by atoms with Gasteiger partial charge in [-0.3, -0.25) is 4.79 Å². The summed E-state index contributed by atoms with van der Waals surface area (Å²) in [5, 5.41) is 1.79. The molecule has 0 spiro atoms. The number of hydrogen-bond donors (Lipinski definition) is 0. The second-order valence-corrected chi connectivity index (χ2v) is 12.8. The van der Waals surface area contributed by atoms with Crippen LogP contribution in [0.3, 0.4) is 0 Å². The Morgan fingerprint density at radius 1 is 0.952 bits per heavy atom. The molecule has 1 aliphatic heterocycles. The smallest absolute Gasteiger partial charge is 0.342 e. The van der Waals surface area contributed by atoms with Crippen LogP contribution in [0.4, 0.5) is 0 Å². The van der Waals surface area contributed by atoms with Crippen molar-refractivity contribution in [1.82, 2.24) is 19.2 Å². The van der Waals surface area contributed by atoms with E-state index in [1.165, 1.54) is 4.31 Å². The van der Waals surface area contributed by atoms with Crippen LogP contribution < -0.4 is 0 Å². The summed E-state index contributed by atoms with van der Waals surface area (Å²) < 4.78 is 34.2. The number of piperazine rings is 1. The molecule has 1 aliphatic rings. The fourth-order valence-corrected chi connectivity index (χ4v) is 6.75. The van der Waals surface area contributed by atoms with Gasteiger partial charge in [0.1, 0.15) is 11.3 Å². The second-order valence-electron chi connectivity index (χ2n) is 10.9. The van der Waals surface area contributed by atoms with Gasteiger partial charge in [0.2, 0.25) is 10.0 Å². The van der Waals surface area contributed by atoms with Crippen LogP contribution in [-0.2, 0) is 14.8 Å². The van der Waals surface area contributed by atoms with Crippen LogP contribution in [0.25, 0.3) is 22.2 Å². The van der Waals surface area contributed by atoms with Crippen LogP contribution in [0.2, 0.25) is 0 Å². The third kappa shape index (κ3) is 5.91. The Hall–Kier alpha value is -4.15. The number of fused-ring (bicyclic) bond motifs is 1. The van der Waals surface area contributed by atoms with Gasteiger partial charge in [0.25, 0.3) is 5.91 Å². The minimum atomic E-state index is -3.81. The number of ether oxygens (including phenoxy) is 1. The molecule has 0 radical (unpaired) electrons. The first kappa shape index (κ1) is 29.3. The van der Waals surface area contributed by atoms with E-state index in [1.807, 2.05) is 68.4 Å². The molecule has 3 aromatic carbocycles. The molecular weight excluding hydrogens is 552 g/mol. The van der Waals surface area contributed by atoms with Gasteiger partial charge < -0.3 is 9.64 Å². The number of amides is 1. The van der Waals surface area contributed by atoms with Crippen molar-refractivity contribution in [1.29, 1.82) is 0 Å². The zero-order valence-corrected chi connectivity index (χ0v) is 25.0. The predicted molar refractivity (Wildman–Crippen MR) is 161 cm³/mol. The molecule has 5 rings (SSSR count). The molecule has 0 aliphatic carbocycles. The number of nitrogens with zero attached hydrogens (tertiary/aromatic N) is 4. The minimum Gasteiger partial charge on any atom is -0.462 e. The molecule has 1 atom stereocenters. The van der Waals surface area contributed by atoms with Crippen molar-refractivity contribution in [2.45, 2.75) is 38.6 Å².